The highest BCUT2D eigenvalue weighted by atomic mass is 16.2. The fourth-order valence-electron chi connectivity index (χ4n) is 2.98. The minimum absolute atomic E-state index is 0.193. The Balaban J connectivity index is 1.57. The van der Waals surface area contributed by atoms with E-state index in [0.717, 1.165) is 11.3 Å². The zero-order chi connectivity index (χ0) is 18.8. The van der Waals surface area contributed by atoms with E-state index in [1.165, 1.54) is 4.90 Å². The zero-order valence-electron chi connectivity index (χ0n) is 14.2. The van der Waals surface area contributed by atoms with Gasteiger partial charge in [-0.15, -0.1) is 0 Å². The van der Waals surface area contributed by atoms with E-state index in [1.807, 2.05) is 6.07 Å². The van der Waals surface area contributed by atoms with Gasteiger partial charge in [0.15, 0.2) is 0 Å². The summed E-state index contributed by atoms with van der Waals surface area (Å²) in [5.41, 5.74) is 3.63. The standard InChI is InChI=1S/C21H14N4O2/c22-11-14-3-5-16(6-4-14)24-17-7-8-18-19(10-17)21(27)25(20(18)26)13-15-2-1-9-23-12-15/h1-10,12,24H,13H2. The summed E-state index contributed by atoms with van der Waals surface area (Å²) in [6.45, 7) is 0.193. The predicted octanol–water partition coefficient (Wildman–Crippen LogP) is 3.49. The molecule has 1 aromatic heterocycles. The Morgan fingerprint density at radius 2 is 1.70 bits per heavy atom. The number of aromatic nitrogens is 1. The maximum Gasteiger partial charge on any atom is 0.261 e. The highest BCUT2D eigenvalue weighted by Gasteiger charge is 2.35. The molecule has 130 valence electrons. The zero-order valence-corrected chi connectivity index (χ0v) is 14.2. The molecule has 1 N–H and O–H groups in total. The Bertz CT molecular complexity index is 1070. The second-order valence-electron chi connectivity index (χ2n) is 6.13. The van der Waals surface area contributed by atoms with Crippen molar-refractivity contribution in [3.63, 3.8) is 0 Å². The molecule has 6 heteroatoms. The number of nitrogens with zero attached hydrogens (tertiary/aromatic N) is 3. The van der Waals surface area contributed by atoms with Crippen LogP contribution in [-0.2, 0) is 6.54 Å². The van der Waals surface area contributed by atoms with Crippen LogP contribution in [0.3, 0.4) is 0 Å². The summed E-state index contributed by atoms with van der Waals surface area (Å²) in [6.07, 6.45) is 3.29. The second-order valence-corrected chi connectivity index (χ2v) is 6.13. The maximum absolute atomic E-state index is 12.7. The summed E-state index contributed by atoms with van der Waals surface area (Å²) in [5, 5.41) is 12.0. The lowest BCUT2D eigenvalue weighted by atomic mass is 10.1. The molecule has 0 aliphatic carbocycles. The number of carbonyl (C=O) groups is 2. The van der Waals surface area contributed by atoms with Crippen molar-refractivity contribution >= 4 is 23.2 Å². The Kier molecular flexibility index (Phi) is 4.11. The van der Waals surface area contributed by atoms with Gasteiger partial charge in [0.2, 0.25) is 0 Å². The Hall–Kier alpha value is -3.98. The van der Waals surface area contributed by atoms with Crippen LogP contribution in [-0.4, -0.2) is 21.7 Å². The monoisotopic (exact) mass is 354 g/mol. The molecule has 0 saturated heterocycles. The van der Waals surface area contributed by atoms with Crippen molar-refractivity contribution in [1.29, 1.82) is 5.26 Å². The molecular weight excluding hydrogens is 340 g/mol. The molecule has 1 aliphatic rings. The Morgan fingerprint density at radius 3 is 2.41 bits per heavy atom. The smallest absolute Gasteiger partial charge is 0.261 e. The van der Waals surface area contributed by atoms with Gasteiger partial charge in [-0.05, 0) is 54.1 Å². The minimum atomic E-state index is -0.317. The number of amides is 2. The summed E-state index contributed by atoms with van der Waals surface area (Å²) in [6, 6.07) is 17.7. The number of pyridine rings is 1. The number of imide groups is 1. The van der Waals surface area contributed by atoms with Gasteiger partial charge in [0.05, 0.1) is 29.3 Å². The molecule has 2 heterocycles. The number of hydrogen-bond donors (Lipinski definition) is 1. The third kappa shape index (κ3) is 3.14. The molecule has 0 bridgehead atoms. The molecule has 4 rings (SSSR count). The second kappa shape index (κ2) is 6.73. The van der Waals surface area contributed by atoms with Gasteiger partial charge < -0.3 is 5.32 Å². The van der Waals surface area contributed by atoms with E-state index in [2.05, 4.69) is 16.4 Å². The lowest BCUT2D eigenvalue weighted by Crippen LogP contribution is -2.29. The first kappa shape index (κ1) is 16.5. The van der Waals surface area contributed by atoms with E-state index in [0.29, 0.717) is 22.4 Å². The Labute approximate surface area is 155 Å². The molecule has 0 atom stereocenters. The van der Waals surface area contributed by atoms with Crippen molar-refractivity contribution in [3.05, 3.63) is 89.2 Å². The molecule has 0 saturated carbocycles. The van der Waals surface area contributed by atoms with Gasteiger partial charge in [-0.3, -0.25) is 19.5 Å². The van der Waals surface area contributed by atoms with Crippen molar-refractivity contribution in [3.8, 4) is 6.07 Å². The van der Waals surface area contributed by atoms with E-state index < -0.39 is 0 Å². The number of anilines is 2. The van der Waals surface area contributed by atoms with E-state index in [-0.39, 0.29) is 18.4 Å². The fourth-order valence-corrected chi connectivity index (χ4v) is 2.98. The molecule has 0 unspecified atom stereocenters. The van der Waals surface area contributed by atoms with Crippen LogP contribution in [0.5, 0.6) is 0 Å². The number of hydrogen-bond acceptors (Lipinski definition) is 5. The first-order valence-electron chi connectivity index (χ1n) is 8.32. The first-order valence-corrected chi connectivity index (χ1v) is 8.32. The molecule has 2 aromatic carbocycles. The van der Waals surface area contributed by atoms with Crippen molar-refractivity contribution in [1.82, 2.24) is 9.88 Å². The number of fused-ring (bicyclic) bond motifs is 1. The van der Waals surface area contributed by atoms with Gasteiger partial charge >= 0.3 is 0 Å². The third-order valence-electron chi connectivity index (χ3n) is 4.34. The molecule has 0 radical (unpaired) electrons. The molecule has 27 heavy (non-hydrogen) atoms. The number of nitriles is 1. The summed E-state index contributed by atoms with van der Waals surface area (Å²) in [4.78, 5) is 30.6. The summed E-state index contributed by atoms with van der Waals surface area (Å²) >= 11 is 0. The van der Waals surface area contributed by atoms with Crippen LogP contribution in [0.25, 0.3) is 0 Å². The normalized spacial score (nSPS) is 12.6. The van der Waals surface area contributed by atoms with Crippen LogP contribution in [0, 0.1) is 11.3 Å². The molecule has 3 aromatic rings. The van der Waals surface area contributed by atoms with Crippen LogP contribution < -0.4 is 5.32 Å². The molecule has 0 spiro atoms. The largest absolute Gasteiger partial charge is 0.356 e. The highest BCUT2D eigenvalue weighted by Crippen LogP contribution is 2.28. The fraction of sp³-hybridized carbons (Fsp3) is 0.0476. The highest BCUT2D eigenvalue weighted by molar-refractivity contribution is 6.21. The average molecular weight is 354 g/mol. The van der Waals surface area contributed by atoms with Gasteiger partial charge in [-0.25, -0.2) is 0 Å². The molecule has 1 aliphatic heterocycles. The van der Waals surface area contributed by atoms with Crippen LogP contribution in [0.1, 0.15) is 31.8 Å². The number of benzene rings is 2. The maximum atomic E-state index is 12.7. The summed E-state index contributed by atoms with van der Waals surface area (Å²) in [5.74, 6) is -0.619. The topological polar surface area (TPSA) is 86.1 Å². The van der Waals surface area contributed by atoms with Gasteiger partial charge in [0.1, 0.15) is 0 Å². The first-order chi connectivity index (χ1) is 13.2. The SMILES string of the molecule is N#Cc1ccc(Nc2ccc3c(c2)C(=O)N(Cc2cccnc2)C3=O)cc1. The number of carbonyl (C=O) groups excluding carboxylic acids is 2. The van der Waals surface area contributed by atoms with E-state index in [9.17, 15) is 9.59 Å². The minimum Gasteiger partial charge on any atom is -0.356 e. The van der Waals surface area contributed by atoms with Gasteiger partial charge in [-0.1, -0.05) is 6.07 Å². The van der Waals surface area contributed by atoms with Crippen LogP contribution in [0.4, 0.5) is 11.4 Å². The van der Waals surface area contributed by atoms with E-state index >= 15 is 0 Å². The predicted molar refractivity (Wildman–Crippen MR) is 99.3 cm³/mol. The molecule has 2 amide bonds. The number of rotatable bonds is 4. The van der Waals surface area contributed by atoms with Crippen molar-refractivity contribution in [2.75, 3.05) is 5.32 Å². The van der Waals surface area contributed by atoms with E-state index in [4.69, 9.17) is 5.26 Å². The Morgan fingerprint density at radius 1 is 0.963 bits per heavy atom. The molecular formula is C21H14N4O2. The molecule has 6 nitrogen and oxygen atoms in total. The van der Waals surface area contributed by atoms with Crippen molar-refractivity contribution < 1.29 is 9.59 Å². The van der Waals surface area contributed by atoms with Crippen molar-refractivity contribution in [2.24, 2.45) is 0 Å². The van der Waals surface area contributed by atoms with E-state index in [1.54, 1.807) is 60.9 Å². The van der Waals surface area contributed by atoms with Crippen LogP contribution in [0.2, 0.25) is 0 Å². The van der Waals surface area contributed by atoms with Gasteiger partial charge in [-0.2, -0.15) is 5.26 Å². The molecule has 0 fully saturated rings. The summed E-state index contributed by atoms with van der Waals surface area (Å²) in [7, 11) is 0. The average Bonchev–Trinajstić information content (AvgIpc) is 2.94. The van der Waals surface area contributed by atoms with Crippen molar-refractivity contribution in [2.45, 2.75) is 6.54 Å². The summed E-state index contributed by atoms with van der Waals surface area (Å²) < 4.78 is 0. The van der Waals surface area contributed by atoms with Gasteiger partial charge in [0.25, 0.3) is 11.8 Å². The van der Waals surface area contributed by atoms with Gasteiger partial charge in [0, 0.05) is 23.8 Å². The quantitative estimate of drug-likeness (QED) is 0.725. The third-order valence-corrected chi connectivity index (χ3v) is 4.34. The lowest BCUT2D eigenvalue weighted by molar-refractivity contribution is 0.0642. The van der Waals surface area contributed by atoms with Crippen LogP contribution >= 0.6 is 0 Å². The van der Waals surface area contributed by atoms with Crippen LogP contribution in [0.15, 0.2) is 67.0 Å². The number of nitrogens with one attached hydrogen (secondary N) is 1. The lowest BCUT2D eigenvalue weighted by Gasteiger charge is -2.13.